The van der Waals surface area contributed by atoms with Gasteiger partial charge in [0.2, 0.25) is 0 Å². The third kappa shape index (κ3) is 4.31. The Labute approximate surface area is 172 Å². The molecule has 0 spiro atoms. The summed E-state index contributed by atoms with van der Waals surface area (Å²) in [6.45, 7) is 1.58. The van der Waals surface area contributed by atoms with Gasteiger partial charge in [0.1, 0.15) is 14.8 Å². The fourth-order valence-electron chi connectivity index (χ4n) is 2.39. The van der Waals surface area contributed by atoms with Crippen LogP contribution in [0.5, 0.6) is 0 Å². The molecule has 1 amide bonds. The Bertz CT molecular complexity index is 1190. The van der Waals surface area contributed by atoms with E-state index in [1.54, 1.807) is 31.2 Å². The number of aryl methyl sites for hydroxylation is 1. The van der Waals surface area contributed by atoms with E-state index in [1.807, 2.05) is 4.72 Å². The summed E-state index contributed by atoms with van der Waals surface area (Å²) in [5.74, 6) is -0.894. The first-order chi connectivity index (χ1) is 13.2. The lowest BCUT2D eigenvalue weighted by Gasteiger charge is -2.12. The topological polar surface area (TPSA) is 116 Å². The number of aromatic nitrogens is 1. The fraction of sp³-hybridized carbons (Fsp3) is 0.0588. The Balaban J connectivity index is 1.93. The van der Waals surface area contributed by atoms with E-state index in [-0.39, 0.29) is 4.88 Å². The summed E-state index contributed by atoms with van der Waals surface area (Å²) in [6, 6.07) is 11.9. The average Bonchev–Trinajstić information content (AvgIpc) is 3.03. The van der Waals surface area contributed by atoms with Gasteiger partial charge < -0.3 is 4.55 Å². The van der Waals surface area contributed by atoms with Crippen LogP contribution in [0.25, 0.3) is 10.6 Å². The number of nitrogens with zero attached hydrogens (tertiary/aromatic N) is 1. The molecule has 1 atom stereocenters. The van der Waals surface area contributed by atoms with Crippen molar-refractivity contribution < 1.29 is 22.0 Å². The zero-order valence-corrected chi connectivity index (χ0v) is 17.4. The maximum absolute atomic E-state index is 12.5. The Kier molecular flexibility index (Phi) is 5.96. The minimum atomic E-state index is -4.40. The normalized spacial score (nSPS) is 12.5. The summed E-state index contributed by atoms with van der Waals surface area (Å²) >= 11 is 4.20. The second-order valence-corrected chi connectivity index (χ2v) is 9.56. The van der Waals surface area contributed by atoms with Gasteiger partial charge in [-0.05, 0) is 42.3 Å². The lowest BCUT2D eigenvalue weighted by atomic mass is 10.2. The van der Waals surface area contributed by atoms with Crippen LogP contribution in [0.15, 0.2) is 58.3 Å². The van der Waals surface area contributed by atoms with Crippen LogP contribution in [-0.2, 0) is 21.1 Å². The van der Waals surface area contributed by atoms with Crippen molar-refractivity contribution in [1.82, 2.24) is 9.71 Å². The largest absolute Gasteiger partial charge is 0.768 e. The molecule has 0 radical (unpaired) electrons. The number of carbonyl (C=O) groups excluding carboxylic acids is 1. The van der Waals surface area contributed by atoms with Crippen LogP contribution < -0.4 is 4.72 Å². The molecule has 1 unspecified atom stereocenters. The zero-order valence-electron chi connectivity index (χ0n) is 14.2. The molecule has 0 aliphatic heterocycles. The number of amides is 1. The third-order valence-electron chi connectivity index (χ3n) is 3.62. The highest BCUT2D eigenvalue weighted by Crippen LogP contribution is 2.30. The smallest absolute Gasteiger partial charge is 0.277 e. The molecular weight excluding hydrogens is 444 g/mol. The standard InChI is InChI=1S/C17H13ClN2O5S3/c1-10-15(26-17(19-10)11-5-4-6-12(18)9-11)16(21)20-28(24,25)14-8-3-2-7-13(14)27(22)23/h2-9H,1H3,(H,20,21)(H,22,23)/p-1. The summed E-state index contributed by atoms with van der Waals surface area (Å²) in [5.41, 5.74) is 1.03. The molecule has 3 rings (SSSR count). The molecule has 1 heterocycles. The summed E-state index contributed by atoms with van der Waals surface area (Å²) in [7, 11) is -4.40. The van der Waals surface area contributed by atoms with E-state index >= 15 is 0 Å². The predicted molar refractivity (Wildman–Crippen MR) is 106 cm³/mol. The van der Waals surface area contributed by atoms with Crippen molar-refractivity contribution in [3.05, 3.63) is 64.1 Å². The van der Waals surface area contributed by atoms with E-state index in [0.29, 0.717) is 21.3 Å². The van der Waals surface area contributed by atoms with E-state index in [9.17, 15) is 22.0 Å². The van der Waals surface area contributed by atoms with Gasteiger partial charge in [-0.15, -0.1) is 11.3 Å². The van der Waals surface area contributed by atoms with Crippen molar-refractivity contribution in [3.8, 4) is 10.6 Å². The maximum Gasteiger partial charge on any atom is 0.277 e. The SMILES string of the molecule is Cc1nc(-c2cccc(Cl)c2)sc1C(=O)NS(=O)(=O)c1ccccc1S(=O)[O-]. The molecule has 2 aromatic carbocycles. The third-order valence-corrected chi connectivity index (χ3v) is 7.29. The molecule has 11 heteroatoms. The molecule has 7 nitrogen and oxygen atoms in total. The number of rotatable bonds is 5. The van der Waals surface area contributed by atoms with E-state index in [2.05, 4.69) is 4.98 Å². The maximum atomic E-state index is 12.5. The van der Waals surface area contributed by atoms with Gasteiger partial charge in [-0.25, -0.2) is 18.1 Å². The van der Waals surface area contributed by atoms with Crippen molar-refractivity contribution >= 4 is 49.9 Å². The molecule has 0 saturated heterocycles. The Morgan fingerprint density at radius 3 is 2.61 bits per heavy atom. The lowest BCUT2D eigenvalue weighted by Crippen LogP contribution is -2.31. The van der Waals surface area contributed by atoms with E-state index in [0.717, 1.165) is 23.5 Å². The van der Waals surface area contributed by atoms with Gasteiger partial charge in [-0.2, -0.15) is 0 Å². The van der Waals surface area contributed by atoms with Crippen LogP contribution in [0.4, 0.5) is 0 Å². The highest BCUT2D eigenvalue weighted by molar-refractivity contribution is 7.91. The number of sulfonamides is 1. The Morgan fingerprint density at radius 2 is 1.93 bits per heavy atom. The number of benzene rings is 2. The van der Waals surface area contributed by atoms with E-state index in [1.165, 1.54) is 12.1 Å². The number of nitrogens with one attached hydrogen (secondary N) is 1. The highest BCUT2D eigenvalue weighted by atomic mass is 35.5. The molecule has 0 bridgehead atoms. The number of halogens is 1. The molecule has 0 fully saturated rings. The van der Waals surface area contributed by atoms with E-state index < -0.39 is 36.8 Å². The highest BCUT2D eigenvalue weighted by Gasteiger charge is 2.25. The first kappa shape index (κ1) is 20.6. The van der Waals surface area contributed by atoms with Gasteiger partial charge in [-0.3, -0.25) is 9.00 Å². The summed E-state index contributed by atoms with van der Waals surface area (Å²) in [4.78, 5) is 16.0. The number of thiazole rings is 1. The lowest BCUT2D eigenvalue weighted by molar-refractivity contribution is 0.0984. The molecule has 28 heavy (non-hydrogen) atoms. The van der Waals surface area contributed by atoms with Crippen molar-refractivity contribution in [2.24, 2.45) is 0 Å². The van der Waals surface area contributed by atoms with Gasteiger partial charge in [0.25, 0.3) is 15.9 Å². The van der Waals surface area contributed by atoms with Crippen molar-refractivity contribution in [3.63, 3.8) is 0 Å². The summed E-state index contributed by atoms with van der Waals surface area (Å²) in [6.07, 6.45) is 0. The van der Waals surface area contributed by atoms with Gasteiger partial charge in [0.15, 0.2) is 0 Å². The molecule has 1 N–H and O–H groups in total. The molecule has 0 aliphatic carbocycles. The number of hydrogen-bond acceptors (Lipinski definition) is 7. The molecular formula is C17H12ClN2O5S3-. The molecule has 146 valence electrons. The van der Waals surface area contributed by atoms with Crippen LogP contribution >= 0.6 is 22.9 Å². The van der Waals surface area contributed by atoms with Crippen LogP contribution in [0.3, 0.4) is 0 Å². The van der Waals surface area contributed by atoms with Gasteiger partial charge in [-0.1, -0.05) is 35.9 Å². The molecule has 0 aliphatic rings. The number of carbonyl (C=O) groups is 1. The predicted octanol–water partition coefficient (Wildman–Crippen LogP) is 3.13. The quantitative estimate of drug-likeness (QED) is 0.591. The van der Waals surface area contributed by atoms with E-state index in [4.69, 9.17) is 11.6 Å². The Hall–Kier alpha value is -2.11. The fourth-order valence-corrected chi connectivity index (χ4v) is 5.60. The van der Waals surface area contributed by atoms with Crippen molar-refractivity contribution in [2.75, 3.05) is 0 Å². The van der Waals surface area contributed by atoms with Gasteiger partial charge in [0, 0.05) is 15.5 Å². The minimum Gasteiger partial charge on any atom is -0.768 e. The molecule has 0 saturated carbocycles. The van der Waals surface area contributed by atoms with Crippen molar-refractivity contribution in [1.29, 1.82) is 0 Å². The zero-order chi connectivity index (χ0) is 20.5. The first-order valence-electron chi connectivity index (χ1n) is 7.68. The van der Waals surface area contributed by atoms with Crippen molar-refractivity contribution in [2.45, 2.75) is 16.7 Å². The minimum absolute atomic E-state index is 0.0966. The first-order valence-corrected chi connectivity index (χ1v) is 11.4. The van der Waals surface area contributed by atoms with Crippen LogP contribution in [-0.4, -0.2) is 28.1 Å². The monoisotopic (exact) mass is 455 g/mol. The molecule has 1 aromatic heterocycles. The van der Waals surface area contributed by atoms with Gasteiger partial charge >= 0.3 is 0 Å². The van der Waals surface area contributed by atoms with Gasteiger partial charge in [0.05, 0.1) is 5.69 Å². The number of hydrogen-bond donors (Lipinski definition) is 1. The second kappa shape index (κ2) is 8.10. The average molecular weight is 456 g/mol. The van der Waals surface area contributed by atoms with Crippen LogP contribution in [0.2, 0.25) is 5.02 Å². The Morgan fingerprint density at radius 1 is 1.21 bits per heavy atom. The van der Waals surface area contributed by atoms with Crippen LogP contribution in [0, 0.1) is 6.92 Å². The molecule has 3 aromatic rings. The summed E-state index contributed by atoms with van der Waals surface area (Å²) < 4.78 is 49.5. The summed E-state index contributed by atoms with van der Waals surface area (Å²) in [5, 5.41) is 1.00. The second-order valence-electron chi connectivity index (χ2n) is 5.56. The van der Waals surface area contributed by atoms with Crippen LogP contribution in [0.1, 0.15) is 15.4 Å².